The van der Waals surface area contributed by atoms with E-state index in [9.17, 15) is 0 Å². The van der Waals surface area contributed by atoms with Gasteiger partial charge < -0.3 is 9.31 Å². The lowest BCUT2D eigenvalue weighted by Gasteiger charge is -2.32. The Hall–Kier alpha value is -0.838. The van der Waals surface area contributed by atoms with E-state index in [1.54, 1.807) is 0 Å². The predicted molar refractivity (Wildman–Crippen MR) is 89.4 cm³/mol. The highest BCUT2D eigenvalue weighted by atomic mass is 28.3. The highest BCUT2D eigenvalue weighted by Gasteiger charge is 2.50. The number of hydrogen-bond acceptors (Lipinski definition) is 2. The van der Waals surface area contributed by atoms with E-state index in [1.165, 1.54) is 10.8 Å². The Bertz CT molecular complexity index is 478. The van der Waals surface area contributed by atoms with E-state index < -0.39 is 8.80 Å². The highest BCUT2D eigenvalue weighted by Crippen LogP contribution is 2.37. The summed E-state index contributed by atoms with van der Waals surface area (Å²) < 4.78 is 12.2. The topological polar surface area (TPSA) is 18.5 Å². The lowest BCUT2D eigenvalue weighted by atomic mass is 9.89. The van der Waals surface area contributed by atoms with Gasteiger partial charge in [-0.15, -0.1) is 0 Å². The van der Waals surface area contributed by atoms with Crippen LogP contribution in [0.4, 0.5) is 0 Å². The van der Waals surface area contributed by atoms with E-state index in [0.717, 1.165) is 0 Å². The Balaban J connectivity index is 2.29. The zero-order chi connectivity index (χ0) is 15.0. The van der Waals surface area contributed by atoms with Crippen molar-refractivity contribution in [3.05, 3.63) is 41.9 Å². The van der Waals surface area contributed by atoms with Crippen molar-refractivity contribution < 1.29 is 9.31 Å². The van der Waals surface area contributed by atoms with Gasteiger partial charge in [-0.2, -0.15) is 0 Å². The predicted octanol–water partition coefficient (Wildman–Crippen LogP) is 3.73. The molecule has 2 nitrogen and oxygen atoms in total. The summed E-state index contributed by atoms with van der Waals surface area (Å²) in [6.45, 7) is 13.0. The minimum Gasteiger partial charge on any atom is -0.400 e. The van der Waals surface area contributed by atoms with Crippen molar-refractivity contribution in [1.29, 1.82) is 0 Å². The van der Waals surface area contributed by atoms with Crippen molar-refractivity contribution in [3.63, 3.8) is 0 Å². The Morgan fingerprint density at radius 3 is 1.95 bits per heavy atom. The van der Waals surface area contributed by atoms with Gasteiger partial charge in [-0.25, -0.2) is 0 Å². The van der Waals surface area contributed by atoms with Gasteiger partial charge in [-0.3, -0.25) is 0 Å². The molecule has 1 heterocycles. The van der Waals surface area contributed by atoms with Crippen LogP contribution in [0, 0.1) is 0 Å². The molecule has 1 fully saturated rings. The third-order valence-electron chi connectivity index (χ3n) is 4.32. The van der Waals surface area contributed by atoms with Crippen LogP contribution in [-0.2, 0) is 9.31 Å². The largest absolute Gasteiger partial charge is 0.486 e. The maximum Gasteiger partial charge on any atom is 0.486 e. The molecule has 1 aliphatic heterocycles. The molecule has 20 heavy (non-hydrogen) atoms. The number of rotatable bonds is 3. The van der Waals surface area contributed by atoms with Gasteiger partial charge in [0.25, 0.3) is 0 Å². The van der Waals surface area contributed by atoms with E-state index in [2.05, 4.69) is 77.1 Å². The molecule has 0 atom stereocenters. The van der Waals surface area contributed by atoms with Gasteiger partial charge in [0.05, 0.1) is 20.0 Å². The lowest BCUT2D eigenvalue weighted by molar-refractivity contribution is 0.00578. The van der Waals surface area contributed by atoms with Gasteiger partial charge in [-0.05, 0) is 33.3 Å². The zero-order valence-electron chi connectivity index (χ0n) is 13.4. The first-order chi connectivity index (χ1) is 9.23. The molecule has 2 rings (SSSR count). The molecular formula is C16H25BO2Si. The Kier molecular flexibility index (Phi) is 4.28. The second-order valence-corrected chi connectivity index (χ2v) is 9.70. The van der Waals surface area contributed by atoms with Gasteiger partial charge in [-0.1, -0.05) is 54.6 Å². The van der Waals surface area contributed by atoms with E-state index in [0.29, 0.717) is 0 Å². The maximum atomic E-state index is 6.09. The van der Waals surface area contributed by atoms with Gasteiger partial charge in [0, 0.05) is 0 Å². The second-order valence-electron chi connectivity index (χ2n) is 6.77. The summed E-state index contributed by atoms with van der Waals surface area (Å²) in [5.74, 6) is 2.18. The zero-order valence-corrected chi connectivity index (χ0v) is 14.6. The summed E-state index contributed by atoms with van der Waals surface area (Å²) in [4.78, 5) is 0. The van der Waals surface area contributed by atoms with E-state index in [-0.39, 0.29) is 18.3 Å². The molecule has 0 spiro atoms. The van der Waals surface area contributed by atoms with Gasteiger partial charge in [0.15, 0.2) is 0 Å². The summed E-state index contributed by atoms with van der Waals surface area (Å²) in [5.41, 5.74) is 0.757. The minimum atomic E-state index is -0.953. The van der Waals surface area contributed by atoms with Gasteiger partial charge in [0.2, 0.25) is 0 Å². The fourth-order valence-corrected chi connectivity index (χ4v) is 3.76. The monoisotopic (exact) mass is 288 g/mol. The molecule has 1 saturated heterocycles. The first-order valence-corrected chi connectivity index (χ1v) is 10.2. The molecule has 0 unspecified atom stereocenters. The molecule has 1 aliphatic rings. The van der Waals surface area contributed by atoms with Crippen molar-refractivity contribution in [1.82, 2.24) is 0 Å². The van der Waals surface area contributed by atoms with Crippen molar-refractivity contribution in [2.45, 2.75) is 52.0 Å². The van der Waals surface area contributed by atoms with Crippen LogP contribution in [-0.4, -0.2) is 27.1 Å². The minimum absolute atomic E-state index is 0.245. The van der Waals surface area contributed by atoms with E-state index in [1.807, 2.05) is 0 Å². The molecule has 0 bridgehead atoms. The molecule has 0 amide bonds. The molecule has 4 heteroatoms. The standard InChI is InChI=1S/C16H25BO2Si/c1-15(2)16(3,4)19-17(18-15)12-14(20(5)6)13-10-8-7-9-11-13/h7-12,20H,1-6H3. The Morgan fingerprint density at radius 2 is 1.50 bits per heavy atom. The third kappa shape index (κ3) is 3.08. The normalized spacial score (nSPS) is 21.6. The van der Waals surface area contributed by atoms with E-state index in [4.69, 9.17) is 9.31 Å². The summed E-state index contributed by atoms with van der Waals surface area (Å²) in [7, 11) is -1.20. The van der Waals surface area contributed by atoms with E-state index >= 15 is 0 Å². The Morgan fingerprint density at radius 1 is 1.00 bits per heavy atom. The molecular weight excluding hydrogens is 263 g/mol. The molecule has 1 aromatic carbocycles. The van der Waals surface area contributed by atoms with Crippen molar-refractivity contribution in [2.24, 2.45) is 0 Å². The van der Waals surface area contributed by atoms with Crippen molar-refractivity contribution in [3.8, 4) is 0 Å². The third-order valence-corrected chi connectivity index (χ3v) is 6.09. The highest BCUT2D eigenvalue weighted by molar-refractivity contribution is 6.79. The summed E-state index contributed by atoms with van der Waals surface area (Å²) in [5, 5.41) is 1.41. The molecule has 0 N–H and O–H groups in total. The van der Waals surface area contributed by atoms with Crippen LogP contribution in [0.25, 0.3) is 5.20 Å². The van der Waals surface area contributed by atoms with Crippen LogP contribution in [0.5, 0.6) is 0 Å². The molecule has 1 aromatic rings. The molecule has 108 valence electrons. The lowest BCUT2D eigenvalue weighted by Crippen LogP contribution is -2.41. The van der Waals surface area contributed by atoms with Crippen LogP contribution < -0.4 is 0 Å². The van der Waals surface area contributed by atoms with Crippen LogP contribution in [0.1, 0.15) is 33.3 Å². The summed E-state index contributed by atoms with van der Waals surface area (Å²) in [6.07, 6.45) is 0. The Labute approximate surface area is 124 Å². The van der Waals surface area contributed by atoms with Crippen LogP contribution >= 0.6 is 0 Å². The van der Waals surface area contributed by atoms with Crippen molar-refractivity contribution in [2.75, 3.05) is 0 Å². The first kappa shape index (κ1) is 15.5. The van der Waals surface area contributed by atoms with Crippen LogP contribution in [0.3, 0.4) is 0 Å². The number of benzene rings is 1. The SMILES string of the molecule is C[SiH](C)C(=CB1OC(C)(C)C(C)(C)O1)c1ccccc1. The fourth-order valence-electron chi connectivity index (χ4n) is 2.36. The molecule has 0 aliphatic carbocycles. The average Bonchev–Trinajstić information content (AvgIpc) is 2.55. The molecule has 0 aromatic heterocycles. The van der Waals surface area contributed by atoms with Crippen LogP contribution in [0.2, 0.25) is 13.1 Å². The first-order valence-electron chi connectivity index (χ1n) is 7.36. The average molecular weight is 288 g/mol. The molecule has 0 radical (unpaired) electrons. The van der Waals surface area contributed by atoms with Gasteiger partial charge in [0.1, 0.15) is 0 Å². The van der Waals surface area contributed by atoms with Crippen LogP contribution in [0.15, 0.2) is 36.3 Å². The second kappa shape index (κ2) is 5.51. The van der Waals surface area contributed by atoms with Crippen molar-refractivity contribution >= 4 is 21.1 Å². The molecule has 0 saturated carbocycles. The fraction of sp³-hybridized carbons (Fsp3) is 0.500. The number of hydrogen-bond donors (Lipinski definition) is 0. The summed E-state index contributed by atoms with van der Waals surface area (Å²) in [6, 6.07) is 10.6. The maximum absolute atomic E-state index is 6.09. The van der Waals surface area contributed by atoms with Gasteiger partial charge >= 0.3 is 7.12 Å². The quantitative estimate of drug-likeness (QED) is 0.789. The smallest absolute Gasteiger partial charge is 0.400 e. The summed E-state index contributed by atoms with van der Waals surface area (Å²) >= 11 is 0.